The molecule has 1 aliphatic heterocycles. The molecule has 0 aromatic heterocycles. The molecular formula is C11H22ClN3O2. The Labute approximate surface area is 109 Å². The van der Waals surface area contributed by atoms with Gasteiger partial charge in [0.15, 0.2) is 0 Å². The van der Waals surface area contributed by atoms with Crippen molar-refractivity contribution < 1.29 is 9.59 Å². The Balaban J connectivity index is 0.00000256. The van der Waals surface area contributed by atoms with Gasteiger partial charge in [-0.05, 0) is 25.8 Å². The Morgan fingerprint density at radius 3 is 2.71 bits per heavy atom. The monoisotopic (exact) mass is 263 g/mol. The Kier molecular flexibility index (Phi) is 8.80. The molecule has 3 N–H and O–H groups in total. The summed E-state index contributed by atoms with van der Waals surface area (Å²) in [5.41, 5.74) is 0. The van der Waals surface area contributed by atoms with Crippen molar-refractivity contribution in [2.75, 3.05) is 19.6 Å². The van der Waals surface area contributed by atoms with Crippen molar-refractivity contribution >= 4 is 24.2 Å². The number of piperidine rings is 1. The van der Waals surface area contributed by atoms with Gasteiger partial charge in [-0.1, -0.05) is 6.92 Å². The van der Waals surface area contributed by atoms with Crippen molar-refractivity contribution in [3.8, 4) is 0 Å². The third kappa shape index (κ3) is 7.18. The van der Waals surface area contributed by atoms with Crippen LogP contribution in [0.5, 0.6) is 0 Å². The Hall–Kier alpha value is -0.810. The zero-order valence-corrected chi connectivity index (χ0v) is 11.1. The summed E-state index contributed by atoms with van der Waals surface area (Å²) in [6.45, 7) is 3.89. The first-order valence-corrected chi connectivity index (χ1v) is 5.99. The molecule has 1 rings (SSSR count). The van der Waals surface area contributed by atoms with Gasteiger partial charge in [0, 0.05) is 19.0 Å². The van der Waals surface area contributed by atoms with Crippen molar-refractivity contribution in [2.45, 2.75) is 38.6 Å². The lowest BCUT2D eigenvalue weighted by Crippen LogP contribution is -2.48. The lowest BCUT2D eigenvalue weighted by atomic mass is 10.1. The van der Waals surface area contributed by atoms with E-state index in [0.29, 0.717) is 6.42 Å². The first-order valence-electron chi connectivity index (χ1n) is 5.99. The molecule has 17 heavy (non-hydrogen) atoms. The summed E-state index contributed by atoms with van der Waals surface area (Å²) in [7, 11) is 0. The van der Waals surface area contributed by atoms with Crippen molar-refractivity contribution in [1.29, 1.82) is 0 Å². The molecule has 5 nitrogen and oxygen atoms in total. The number of hydrogen-bond acceptors (Lipinski definition) is 3. The average Bonchev–Trinajstić information content (AvgIpc) is 2.28. The summed E-state index contributed by atoms with van der Waals surface area (Å²) in [4.78, 5) is 22.6. The van der Waals surface area contributed by atoms with Gasteiger partial charge < -0.3 is 16.0 Å². The van der Waals surface area contributed by atoms with Crippen LogP contribution >= 0.6 is 12.4 Å². The first-order chi connectivity index (χ1) is 7.72. The SMILES string of the molecule is CCCC(=O)NCC(=O)N[C@H]1CCCNC1.Cl. The third-order valence-corrected chi connectivity index (χ3v) is 2.59. The molecule has 0 bridgehead atoms. The fourth-order valence-corrected chi connectivity index (χ4v) is 1.75. The van der Waals surface area contributed by atoms with Crippen molar-refractivity contribution in [1.82, 2.24) is 16.0 Å². The lowest BCUT2D eigenvalue weighted by Gasteiger charge is -2.23. The minimum absolute atomic E-state index is 0. The zero-order valence-electron chi connectivity index (χ0n) is 10.3. The smallest absolute Gasteiger partial charge is 0.239 e. The van der Waals surface area contributed by atoms with Gasteiger partial charge in [-0.2, -0.15) is 0 Å². The summed E-state index contributed by atoms with van der Waals surface area (Å²) < 4.78 is 0. The molecule has 0 spiro atoms. The van der Waals surface area contributed by atoms with E-state index in [4.69, 9.17) is 0 Å². The molecule has 2 amide bonds. The van der Waals surface area contributed by atoms with Crippen LogP contribution in [-0.2, 0) is 9.59 Å². The molecule has 0 aromatic rings. The second-order valence-corrected chi connectivity index (χ2v) is 4.14. The van der Waals surface area contributed by atoms with Crippen LogP contribution in [-0.4, -0.2) is 37.5 Å². The van der Waals surface area contributed by atoms with E-state index >= 15 is 0 Å². The molecule has 0 aromatic carbocycles. The number of amides is 2. The fourth-order valence-electron chi connectivity index (χ4n) is 1.75. The minimum atomic E-state index is -0.0989. The lowest BCUT2D eigenvalue weighted by molar-refractivity contribution is -0.126. The van der Waals surface area contributed by atoms with Crippen LogP contribution in [0, 0.1) is 0 Å². The van der Waals surface area contributed by atoms with E-state index in [1.165, 1.54) is 0 Å². The Morgan fingerprint density at radius 2 is 2.12 bits per heavy atom. The zero-order chi connectivity index (χ0) is 11.8. The molecule has 1 saturated heterocycles. The van der Waals surface area contributed by atoms with Gasteiger partial charge in [-0.15, -0.1) is 12.4 Å². The van der Waals surface area contributed by atoms with Gasteiger partial charge in [0.1, 0.15) is 0 Å². The third-order valence-electron chi connectivity index (χ3n) is 2.59. The van der Waals surface area contributed by atoms with Crippen LogP contribution in [0.25, 0.3) is 0 Å². The Morgan fingerprint density at radius 1 is 1.35 bits per heavy atom. The normalized spacial score (nSPS) is 19.0. The number of carbonyl (C=O) groups excluding carboxylic acids is 2. The standard InChI is InChI=1S/C11H21N3O2.ClH/c1-2-4-10(15)13-8-11(16)14-9-5-3-6-12-7-9;/h9,12H,2-8H2,1H3,(H,13,15)(H,14,16);1H/t9-;/m0./s1. The van der Waals surface area contributed by atoms with Crippen LogP contribution in [0.2, 0.25) is 0 Å². The van der Waals surface area contributed by atoms with Crippen LogP contribution in [0.1, 0.15) is 32.6 Å². The van der Waals surface area contributed by atoms with Crippen molar-refractivity contribution in [3.05, 3.63) is 0 Å². The molecule has 1 heterocycles. The van der Waals surface area contributed by atoms with E-state index in [9.17, 15) is 9.59 Å². The summed E-state index contributed by atoms with van der Waals surface area (Å²) in [5, 5.41) is 8.73. The van der Waals surface area contributed by atoms with Crippen LogP contribution < -0.4 is 16.0 Å². The molecule has 0 radical (unpaired) electrons. The maximum atomic E-state index is 11.5. The second-order valence-electron chi connectivity index (χ2n) is 4.14. The Bertz CT molecular complexity index is 243. The van der Waals surface area contributed by atoms with Gasteiger partial charge in [0.25, 0.3) is 0 Å². The average molecular weight is 264 g/mol. The highest BCUT2D eigenvalue weighted by atomic mass is 35.5. The van der Waals surface area contributed by atoms with Crippen LogP contribution in [0.3, 0.4) is 0 Å². The van der Waals surface area contributed by atoms with Gasteiger partial charge >= 0.3 is 0 Å². The predicted octanol–water partition coefficient (Wildman–Crippen LogP) is 0.193. The molecular weight excluding hydrogens is 242 g/mol. The maximum absolute atomic E-state index is 11.5. The highest BCUT2D eigenvalue weighted by Gasteiger charge is 2.15. The molecule has 100 valence electrons. The van der Waals surface area contributed by atoms with Crippen molar-refractivity contribution in [3.63, 3.8) is 0 Å². The quantitative estimate of drug-likeness (QED) is 0.663. The van der Waals surface area contributed by atoms with E-state index in [-0.39, 0.29) is 36.8 Å². The molecule has 6 heteroatoms. The van der Waals surface area contributed by atoms with E-state index in [1.54, 1.807) is 0 Å². The van der Waals surface area contributed by atoms with E-state index in [2.05, 4.69) is 16.0 Å². The summed E-state index contributed by atoms with van der Waals surface area (Å²) >= 11 is 0. The number of halogens is 1. The van der Waals surface area contributed by atoms with Crippen molar-refractivity contribution in [2.24, 2.45) is 0 Å². The van der Waals surface area contributed by atoms with Gasteiger partial charge in [-0.25, -0.2) is 0 Å². The van der Waals surface area contributed by atoms with E-state index in [0.717, 1.165) is 32.4 Å². The molecule has 0 unspecified atom stereocenters. The number of rotatable bonds is 5. The molecule has 0 saturated carbocycles. The maximum Gasteiger partial charge on any atom is 0.239 e. The summed E-state index contributed by atoms with van der Waals surface area (Å²) in [6.07, 6.45) is 3.40. The molecule has 1 atom stereocenters. The van der Waals surface area contributed by atoms with Crippen LogP contribution in [0.4, 0.5) is 0 Å². The van der Waals surface area contributed by atoms with Gasteiger partial charge in [0.05, 0.1) is 6.54 Å². The minimum Gasteiger partial charge on any atom is -0.351 e. The predicted molar refractivity (Wildman–Crippen MR) is 69.2 cm³/mol. The molecule has 1 aliphatic rings. The molecule has 1 fully saturated rings. The topological polar surface area (TPSA) is 70.2 Å². The van der Waals surface area contributed by atoms with E-state index < -0.39 is 0 Å². The fraction of sp³-hybridized carbons (Fsp3) is 0.818. The summed E-state index contributed by atoms with van der Waals surface area (Å²) in [6, 6.07) is 0.212. The highest BCUT2D eigenvalue weighted by Crippen LogP contribution is 2.00. The van der Waals surface area contributed by atoms with E-state index in [1.807, 2.05) is 6.92 Å². The van der Waals surface area contributed by atoms with Crippen LogP contribution in [0.15, 0.2) is 0 Å². The number of hydrogen-bond donors (Lipinski definition) is 3. The van der Waals surface area contributed by atoms with Gasteiger partial charge in [-0.3, -0.25) is 9.59 Å². The highest BCUT2D eigenvalue weighted by molar-refractivity contribution is 5.85. The second kappa shape index (κ2) is 9.24. The summed E-state index contributed by atoms with van der Waals surface area (Å²) in [5.74, 6) is -0.155. The number of carbonyl (C=O) groups is 2. The molecule has 0 aliphatic carbocycles. The number of nitrogens with one attached hydrogen (secondary N) is 3. The van der Waals surface area contributed by atoms with Gasteiger partial charge in [0.2, 0.25) is 11.8 Å². The first kappa shape index (κ1) is 16.2. The largest absolute Gasteiger partial charge is 0.351 e.